The number of nitrogens with zero attached hydrogens (tertiary/aromatic N) is 1. The summed E-state index contributed by atoms with van der Waals surface area (Å²) in [6.07, 6.45) is 0.784. The van der Waals surface area contributed by atoms with Crippen LogP contribution in [0.5, 0.6) is 0 Å². The third-order valence-electron chi connectivity index (χ3n) is 3.32. The predicted octanol–water partition coefficient (Wildman–Crippen LogP) is 1.17. The van der Waals surface area contributed by atoms with Gasteiger partial charge in [-0.2, -0.15) is 0 Å². The molecule has 1 fully saturated rings. The van der Waals surface area contributed by atoms with Gasteiger partial charge in [-0.3, -0.25) is 9.59 Å². The van der Waals surface area contributed by atoms with Gasteiger partial charge in [0.2, 0.25) is 5.91 Å². The number of hydrogen-bond acceptors (Lipinski definition) is 3. The highest BCUT2D eigenvalue weighted by molar-refractivity contribution is 5.98. The number of furan rings is 1. The molecule has 5 nitrogen and oxygen atoms in total. The van der Waals surface area contributed by atoms with Gasteiger partial charge in [-0.15, -0.1) is 0 Å². The van der Waals surface area contributed by atoms with E-state index in [4.69, 9.17) is 4.42 Å². The summed E-state index contributed by atoms with van der Waals surface area (Å²) in [5.41, 5.74) is 1.46. The van der Waals surface area contributed by atoms with Crippen molar-refractivity contribution in [2.45, 2.75) is 27.2 Å². The van der Waals surface area contributed by atoms with Crippen LogP contribution in [0.3, 0.4) is 0 Å². The van der Waals surface area contributed by atoms with Gasteiger partial charge in [0, 0.05) is 18.7 Å². The molecule has 1 N–H and O–H groups in total. The van der Waals surface area contributed by atoms with Gasteiger partial charge in [0.15, 0.2) is 0 Å². The van der Waals surface area contributed by atoms with Crippen LogP contribution in [0.1, 0.15) is 33.9 Å². The number of nitrogens with one attached hydrogen (secondary N) is 1. The van der Waals surface area contributed by atoms with E-state index < -0.39 is 0 Å². The lowest BCUT2D eigenvalue weighted by molar-refractivity contribution is -0.121. The van der Waals surface area contributed by atoms with Crippen LogP contribution in [0.25, 0.3) is 0 Å². The average molecular weight is 250 g/mol. The molecular weight excluding hydrogens is 232 g/mol. The summed E-state index contributed by atoms with van der Waals surface area (Å²) in [5, 5.41) is 2.76. The highest BCUT2D eigenvalue weighted by Crippen LogP contribution is 2.22. The first-order valence-electron chi connectivity index (χ1n) is 6.13. The molecule has 98 valence electrons. The lowest BCUT2D eigenvalue weighted by atomic mass is 10.1. The molecule has 18 heavy (non-hydrogen) atoms. The highest BCUT2D eigenvalue weighted by Gasteiger charge is 2.26. The molecule has 1 aromatic heterocycles. The van der Waals surface area contributed by atoms with Crippen LogP contribution in [-0.2, 0) is 4.79 Å². The maximum absolute atomic E-state index is 12.4. The Morgan fingerprint density at radius 1 is 1.28 bits per heavy atom. The van der Waals surface area contributed by atoms with Crippen LogP contribution in [0, 0.1) is 20.8 Å². The molecule has 1 aliphatic heterocycles. The first-order chi connectivity index (χ1) is 8.50. The van der Waals surface area contributed by atoms with Gasteiger partial charge in [0.1, 0.15) is 11.5 Å². The van der Waals surface area contributed by atoms with E-state index in [0.29, 0.717) is 24.4 Å². The van der Waals surface area contributed by atoms with Crippen molar-refractivity contribution in [2.75, 3.05) is 19.6 Å². The fourth-order valence-electron chi connectivity index (χ4n) is 2.25. The molecule has 0 bridgehead atoms. The first-order valence-corrected chi connectivity index (χ1v) is 6.13. The zero-order chi connectivity index (χ0) is 13.3. The van der Waals surface area contributed by atoms with Crippen molar-refractivity contribution in [1.29, 1.82) is 0 Å². The number of rotatable bonds is 1. The highest BCUT2D eigenvalue weighted by atomic mass is 16.3. The molecule has 2 amide bonds. The van der Waals surface area contributed by atoms with Gasteiger partial charge in [0.05, 0.1) is 12.1 Å². The minimum atomic E-state index is -0.112. The monoisotopic (exact) mass is 250 g/mol. The SMILES string of the molecule is Cc1oc(C)c(C(=O)N2CCCNC(=O)C2)c1C. The second-order valence-corrected chi connectivity index (χ2v) is 4.64. The Kier molecular flexibility index (Phi) is 3.41. The third-order valence-corrected chi connectivity index (χ3v) is 3.32. The van der Waals surface area contributed by atoms with E-state index in [2.05, 4.69) is 5.32 Å². The van der Waals surface area contributed by atoms with Crippen molar-refractivity contribution in [3.63, 3.8) is 0 Å². The van der Waals surface area contributed by atoms with Crippen molar-refractivity contribution in [1.82, 2.24) is 10.2 Å². The molecule has 0 aromatic carbocycles. The van der Waals surface area contributed by atoms with E-state index in [0.717, 1.165) is 17.7 Å². The third kappa shape index (κ3) is 2.25. The van der Waals surface area contributed by atoms with E-state index in [1.54, 1.807) is 11.8 Å². The maximum atomic E-state index is 12.4. The van der Waals surface area contributed by atoms with Gasteiger partial charge in [-0.25, -0.2) is 0 Å². The van der Waals surface area contributed by atoms with E-state index in [-0.39, 0.29) is 18.4 Å². The zero-order valence-electron chi connectivity index (χ0n) is 11.0. The lowest BCUT2D eigenvalue weighted by Gasteiger charge is -2.19. The largest absolute Gasteiger partial charge is 0.466 e. The Bertz CT molecular complexity index is 491. The summed E-state index contributed by atoms with van der Waals surface area (Å²) in [4.78, 5) is 25.5. The summed E-state index contributed by atoms with van der Waals surface area (Å²) < 4.78 is 5.47. The molecule has 0 aliphatic carbocycles. The fourth-order valence-corrected chi connectivity index (χ4v) is 2.25. The molecule has 1 aromatic rings. The quantitative estimate of drug-likeness (QED) is 0.813. The normalized spacial score (nSPS) is 16.4. The number of hydrogen-bond donors (Lipinski definition) is 1. The lowest BCUT2D eigenvalue weighted by Crippen LogP contribution is -2.37. The smallest absolute Gasteiger partial charge is 0.258 e. The summed E-state index contributed by atoms with van der Waals surface area (Å²) >= 11 is 0. The molecule has 5 heteroatoms. The van der Waals surface area contributed by atoms with E-state index in [9.17, 15) is 9.59 Å². The van der Waals surface area contributed by atoms with Crippen LogP contribution < -0.4 is 5.32 Å². The van der Waals surface area contributed by atoms with Crippen LogP contribution in [-0.4, -0.2) is 36.3 Å². The van der Waals surface area contributed by atoms with Gasteiger partial charge in [-0.1, -0.05) is 0 Å². The molecule has 2 rings (SSSR count). The van der Waals surface area contributed by atoms with E-state index in [1.807, 2.05) is 13.8 Å². The number of amides is 2. The van der Waals surface area contributed by atoms with Gasteiger partial charge in [-0.05, 0) is 27.2 Å². The number of carbonyl (C=O) groups is 2. The van der Waals surface area contributed by atoms with Gasteiger partial charge < -0.3 is 14.6 Å². The minimum Gasteiger partial charge on any atom is -0.466 e. The van der Waals surface area contributed by atoms with Crippen LogP contribution in [0.15, 0.2) is 4.42 Å². The molecule has 1 saturated heterocycles. The standard InChI is InChI=1S/C13H18N2O3/c1-8-9(2)18-10(3)12(8)13(17)15-6-4-5-14-11(16)7-15/h4-7H2,1-3H3,(H,14,16). The average Bonchev–Trinajstić information content (AvgIpc) is 2.51. The molecule has 0 saturated carbocycles. The second kappa shape index (κ2) is 4.84. The van der Waals surface area contributed by atoms with Crippen molar-refractivity contribution >= 4 is 11.8 Å². The van der Waals surface area contributed by atoms with Crippen LogP contribution in [0.4, 0.5) is 0 Å². The molecule has 0 spiro atoms. The van der Waals surface area contributed by atoms with Gasteiger partial charge >= 0.3 is 0 Å². The van der Waals surface area contributed by atoms with E-state index >= 15 is 0 Å². The summed E-state index contributed by atoms with van der Waals surface area (Å²) in [5.74, 6) is 1.17. The van der Waals surface area contributed by atoms with Crippen molar-refractivity contribution < 1.29 is 14.0 Å². The fraction of sp³-hybridized carbons (Fsp3) is 0.538. The minimum absolute atomic E-state index is 0.101. The number of aryl methyl sites for hydroxylation is 2. The Morgan fingerprint density at radius 3 is 2.61 bits per heavy atom. The molecule has 1 aliphatic rings. The Morgan fingerprint density at radius 2 is 2.00 bits per heavy atom. The van der Waals surface area contributed by atoms with Crippen LogP contribution in [0.2, 0.25) is 0 Å². The molecule has 0 radical (unpaired) electrons. The Labute approximate surface area is 106 Å². The molecule has 2 heterocycles. The van der Waals surface area contributed by atoms with Gasteiger partial charge in [0.25, 0.3) is 5.91 Å². The zero-order valence-corrected chi connectivity index (χ0v) is 11.0. The van der Waals surface area contributed by atoms with Crippen molar-refractivity contribution in [2.24, 2.45) is 0 Å². The molecular formula is C13H18N2O3. The maximum Gasteiger partial charge on any atom is 0.258 e. The topological polar surface area (TPSA) is 62.6 Å². The van der Waals surface area contributed by atoms with Crippen LogP contribution >= 0.6 is 0 Å². The summed E-state index contributed by atoms with van der Waals surface area (Å²) in [6.45, 7) is 6.85. The van der Waals surface area contributed by atoms with Crippen molar-refractivity contribution in [3.05, 3.63) is 22.6 Å². The second-order valence-electron chi connectivity index (χ2n) is 4.64. The summed E-state index contributed by atoms with van der Waals surface area (Å²) in [7, 11) is 0. The Balaban J connectivity index is 2.27. The van der Waals surface area contributed by atoms with Crippen molar-refractivity contribution in [3.8, 4) is 0 Å². The number of carbonyl (C=O) groups excluding carboxylic acids is 2. The first kappa shape index (κ1) is 12.7. The summed E-state index contributed by atoms with van der Waals surface area (Å²) in [6, 6.07) is 0. The molecule has 0 atom stereocenters. The molecule has 0 unspecified atom stereocenters. The predicted molar refractivity (Wildman–Crippen MR) is 66.4 cm³/mol. The Hall–Kier alpha value is -1.78. The van der Waals surface area contributed by atoms with E-state index in [1.165, 1.54) is 0 Å².